The highest BCUT2D eigenvalue weighted by atomic mass is 32.2. The fourth-order valence-corrected chi connectivity index (χ4v) is 3.21. The number of carboxylic acids is 1. The highest BCUT2D eigenvalue weighted by Crippen LogP contribution is 2.30. The lowest BCUT2D eigenvalue weighted by molar-refractivity contribution is -0.142. The molecule has 0 fully saturated rings. The zero-order valence-electron chi connectivity index (χ0n) is 12.4. The van der Waals surface area contributed by atoms with E-state index in [0.29, 0.717) is 5.57 Å². The van der Waals surface area contributed by atoms with Crippen molar-refractivity contribution in [3.8, 4) is 0 Å². The van der Waals surface area contributed by atoms with E-state index in [1.807, 2.05) is 30.3 Å². The topological polar surface area (TPSA) is 75.6 Å². The summed E-state index contributed by atoms with van der Waals surface area (Å²) in [6.45, 7) is 1.64. The molecule has 2 rings (SSSR count). The van der Waals surface area contributed by atoms with Crippen molar-refractivity contribution in [2.75, 3.05) is 4.72 Å². The van der Waals surface area contributed by atoms with E-state index in [1.165, 1.54) is 18.9 Å². The van der Waals surface area contributed by atoms with E-state index in [1.54, 1.807) is 0 Å². The van der Waals surface area contributed by atoms with Gasteiger partial charge in [-0.05, 0) is 48.9 Å². The summed E-state index contributed by atoms with van der Waals surface area (Å²) in [5.74, 6) is -1.14. The third-order valence-corrected chi connectivity index (χ3v) is 4.47. The number of esters is 1. The van der Waals surface area contributed by atoms with Crippen molar-refractivity contribution < 1.29 is 19.4 Å². The molecule has 1 atom stereocenters. The van der Waals surface area contributed by atoms with Crippen LogP contribution in [-0.2, 0) is 20.9 Å². The van der Waals surface area contributed by atoms with Crippen molar-refractivity contribution in [3.05, 3.63) is 41.5 Å². The molecule has 1 aliphatic carbocycles. The second kappa shape index (κ2) is 7.89. The monoisotopic (exact) mass is 321 g/mol. The van der Waals surface area contributed by atoms with Gasteiger partial charge in [-0.3, -0.25) is 4.79 Å². The van der Waals surface area contributed by atoms with E-state index in [9.17, 15) is 14.7 Å². The van der Waals surface area contributed by atoms with Gasteiger partial charge in [0, 0.05) is 18.2 Å². The van der Waals surface area contributed by atoms with Crippen molar-refractivity contribution in [3.63, 3.8) is 0 Å². The Morgan fingerprint density at radius 1 is 1.36 bits per heavy atom. The quantitative estimate of drug-likeness (QED) is 0.618. The molecule has 1 aromatic rings. The predicted molar refractivity (Wildman–Crippen MR) is 86.5 cm³/mol. The van der Waals surface area contributed by atoms with Crippen molar-refractivity contribution in [2.45, 2.75) is 38.0 Å². The number of carbonyl (C=O) groups is 2. The highest BCUT2D eigenvalue weighted by molar-refractivity contribution is 8.01. The highest BCUT2D eigenvalue weighted by Gasteiger charge is 2.23. The minimum absolute atomic E-state index is 0.0352. The molecule has 1 unspecified atom stereocenters. The first-order chi connectivity index (χ1) is 10.6. The van der Waals surface area contributed by atoms with Gasteiger partial charge in [-0.1, -0.05) is 18.2 Å². The van der Waals surface area contributed by atoms with Gasteiger partial charge in [-0.2, -0.15) is 0 Å². The Morgan fingerprint density at radius 3 is 2.73 bits per heavy atom. The number of allylic oxidation sites excluding steroid dienone is 1. The van der Waals surface area contributed by atoms with Crippen LogP contribution in [0.5, 0.6) is 0 Å². The maximum Gasteiger partial charge on any atom is 0.332 e. The van der Waals surface area contributed by atoms with E-state index < -0.39 is 5.97 Å². The molecule has 0 aromatic heterocycles. The molecular formula is C16H19NO4S. The first kappa shape index (κ1) is 16.4. The van der Waals surface area contributed by atoms with Crippen LogP contribution in [0.25, 0.3) is 0 Å². The van der Waals surface area contributed by atoms with E-state index in [2.05, 4.69) is 4.72 Å². The van der Waals surface area contributed by atoms with Crippen LogP contribution in [0, 0.1) is 0 Å². The van der Waals surface area contributed by atoms with Gasteiger partial charge < -0.3 is 14.6 Å². The molecule has 6 heteroatoms. The van der Waals surface area contributed by atoms with E-state index in [-0.39, 0.29) is 17.8 Å². The molecule has 0 saturated carbocycles. The number of ether oxygens (including phenoxy) is 1. The van der Waals surface area contributed by atoms with Gasteiger partial charge >= 0.3 is 11.9 Å². The van der Waals surface area contributed by atoms with Gasteiger partial charge in [-0.25, -0.2) is 4.79 Å². The summed E-state index contributed by atoms with van der Waals surface area (Å²) in [7, 11) is 0. The number of benzene rings is 1. The molecule has 1 aliphatic rings. The van der Waals surface area contributed by atoms with Crippen LogP contribution < -0.4 is 4.72 Å². The van der Waals surface area contributed by atoms with Crippen molar-refractivity contribution in [1.82, 2.24) is 0 Å². The van der Waals surface area contributed by atoms with Crippen LogP contribution in [0.2, 0.25) is 0 Å². The third kappa shape index (κ3) is 4.80. The Bertz CT molecular complexity index is 568. The Kier molecular flexibility index (Phi) is 5.89. The number of aliphatic carboxylic acids is 1. The molecule has 1 aromatic carbocycles. The first-order valence-corrected chi connectivity index (χ1v) is 8.01. The summed E-state index contributed by atoms with van der Waals surface area (Å²) < 4.78 is 8.12. The standard InChI is InChI=1S/C16H19NO4S/c1-11(18)21-10-12-6-8-13(9-7-12)17-22-15-5-3-2-4-14(15)16(19)20/h4,6-9,15,17H,2-3,5,10H2,1H3,(H,19,20). The van der Waals surface area contributed by atoms with Gasteiger partial charge in [0.15, 0.2) is 0 Å². The predicted octanol–water partition coefficient (Wildman–Crippen LogP) is 3.37. The molecule has 5 nitrogen and oxygen atoms in total. The smallest absolute Gasteiger partial charge is 0.332 e. The second-order valence-corrected chi connectivity index (χ2v) is 6.09. The molecule has 0 aliphatic heterocycles. The van der Waals surface area contributed by atoms with Crippen LogP contribution in [0.15, 0.2) is 35.9 Å². The zero-order valence-corrected chi connectivity index (χ0v) is 13.2. The van der Waals surface area contributed by atoms with Crippen LogP contribution in [0.4, 0.5) is 5.69 Å². The number of anilines is 1. The Labute approximate surface area is 133 Å². The summed E-state index contributed by atoms with van der Waals surface area (Å²) in [4.78, 5) is 22.0. The second-order valence-electron chi connectivity index (χ2n) is 5.08. The average molecular weight is 321 g/mol. The third-order valence-electron chi connectivity index (χ3n) is 3.34. The van der Waals surface area contributed by atoms with E-state index in [0.717, 1.165) is 30.5 Å². The van der Waals surface area contributed by atoms with E-state index >= 15 is 0 Å². The normalized spacial score (nSPS) is 17.5. The maximum atomic E-state index is 11.2. The Hall–Kier alpha value is -1.95. The van der Waals surface area contributed by atoms with Crippen molar-refractivity contribution in [1.29, 1.82) is 0 Å². The molecule has 22 heavy (non-hydrogen) atoms. The molecule has 0 bridgehead atoms. The average Bonchev–Trinajstić information content (AvgIpc) is 2.52. The van der Waals surface area contributed by atoms with Crippen molar-refractivity contribution in [2.24, 2.45) is 0 Å². The minimum Gasteiger partial charge on any atom is -0.478 e. The van der Waals surface area contributed by atoms with Crippen LogP contribution in [-0.4, -0.2) is 22.3 Å². The maximum absolute atomic E-state index is 11.2. The minimum atomic E-state index is -0.837. The number of carboxylic acid groups (broad SMARTS) is 1. The van der Waals surface area contributed by atoms with Crippen LogP contribution in [0.3, 0.4) is 0 Å². The molecule has 0 radical (unpaired) electrons. The lowest BCUT2D eigenvalue weighted by atomic mass is 9.99. The number of hydrogen-bond donors (Lipinski definition) is 2. The van der Waals surface area contributed by atoms with Crippen molar-refractivity contribution >= 4 is 29.6 Å². The van der Waals surface area contributed by atoms with Gasteiger partial charge in [0.2, 0.25) is 0 Å². The fraction of sp³-hybridized carbons (Fsp3) is 0.375. The largest absolute Gasteiger partial charge is 0.478 e. The number of nitrogens with one attached hydrogen (secondary N) is 1. The SMILES string of the molecule is CC(=O)OCc1ccc(NSC2CCCC=C2C(=O)O)cc1. The zero-order chi connectivity index (χ0) is 15.9. The van der Waals surface area contributed by atoms with Gasteiger partial charge in [-0.15, -0.1) is 0 Å². The summed E-state index contributed by atoms with van der Waals surface area (Å²) in [6.07, 6.45) is 4.52. The molecule has 0 amide bonds. The van der Waals surface area contributed by atoms with Crippen LogP contribution >= 0.6 is 11.9 Å². The summed E-state index contributed by atoms with van der Waals surface area (Å²) >= 11 is 1.43. The molecule has 0 saturated heterocycles. The number of carbonyl (C=O) groups excluding carboxylic acids is 1. The molecule has 0 spiro atoms. The first-order valence-electron chi connectivity index (χ1n) is 7.13. The Balaban J connectivity index is 1.88. The summed E-state index contributed by atoms with van der Waals surface area (Å²) in [5.41, 5.74) is 2.29. The summed E-state index contributed by atoms with van der Waals surface area (Å²) in [6, 6.07) is 7.53. The van der Waals surface area contributed by atoms with Gasteiger partial charge in [0.05, 0.1) is 5.25 Å². The Morgan fingerprint density at radius 2 is 2.09 bits per heavy atom. The lowest BCUT2D eigenvalue weighted by Crippen LogP contribution is -2.19. The van der Waals surface area contributed by atoms with Crippen LogP contribution in [0.1, 0.15) is 31.7 Å². The lowest BCUT2D eigenvalue weighted by Gasteiger charge is -2.21. The fourth-order valence-electron chi connectivity index (χ4n) is 2.19. The molecule has 118 valence electrons. The molecular weight excluding hydrogens is 302 g/mol. The number of rotatable bonds is 6. The van der Waals surface area contributed by atoms with Gasteiger partial charge in [0.1, 0.15) is 6.61 Å². The molecule has 2 N–H and O–H groups in total. The van der Waals surface area contributed by atoms with Gasteiger partial charge in [0.25, 0.3) is 0 Å². The number of hydrogen-bond acceptors (Lipinski definition) is 5. The molecule has 0 heterocycles. The van der Waals surface area contributed by atoms with E-state index in [4.69, 9.17) is 4.74 Å². The summed E-state index contributed by atoms with van der Waals surface area (Å²) in [5, 5.41) is 9.16.